The van der Waals surface area contributed by atoms with Crippen molar-refractivity contribution in [1.29, 1.82) is 0 Å². The minimum Gasteiger partial charge on any atom is -0.480 e. The number of methoxy groups -OCH3 is 1. The molecule has 1 unspecified atom stereocenters. The van der Waals surface area contributed by atoms with Crippen LogP contribution in [0.15, 0.2) is 53.9 Å². The summed E-state index contributed by atoms with van der Waals surface area (Å²) in [7, 11) is 1.53. The first-order chi connectivity index (χ1) is 15.2. The van der Waals surface area contributed by atoms with Crippen molar-refractivity contribution >= 4 is 22.5 Å². The van der Waals surface area contributed by atoms with Gasteiger partial charge in [0.15, 0.2) is 22.9 Å². The van der Waals surface area contributed by atoms with E-state index in [-0.39, 0.29) is 0 Å². The second-order valence-electron chi connectivity index (χ2n) is 6.87. The van der Waals surface area contributed by atoms with Crippen LogP contribution in [0.3, 0.4) is 0 Å². The number of tetrazole rings is 1. The van der Waals surface area contributed by atoms with Crippen LogP contribution in [0.4, 0.5) is 0 Å². The van der Waals surface area contributed by atoms with Crippen LogP contribution in [-0.4, -0.2) is 47.4 Å². The minimum atomic E-state index is -1.44. The standard InChI is InChI=1S/C21H19N7O2S/c1-3-28-15-12-14(17-24-26-27-25-17)19(30-2)22-18(15)23-20(28)21(29,16-10-7-11-31-16)13-8-5-4-6-9-13/h4-12,29H,3H2,1-2H3,(H,24,25,26,27). The largest absolute Gasteiger partial charge is 0.480 e. The predicted octanol–water partition coefficient (Wildman–Crippen LogP) is 2.99. The first kappa shape index (κ1) is 19.3. The Morgan fingerprint density at radius 1 is 1.16 bits per heavy atom. The van der Waals surface area contributed by atoms with Gasteiger partial charge in [-0.25, -0.2) is 10.1 Å². The third-order valence-corrected chi connectivity index (χ3v) is 6.19. The fourth-order valence-electron chi connectivity index (χ4n) is 3.77. The Bertz CT molecular complexity index is 1320. The van der Waals surface area contributed by atoms with Crippen molar-refractivity contribution in [3.05, 3.63) is 70.2 Å². The van der Waals surface area contributed by atoms with Crippen LogP contribution >= 0.6 is 11.3 Å². The van der Waals surface area contributed by atoms with E-state index >= 15 is 0 Å². The molecule has 5 rings (SSSR count). The summed E-state index contributed by atoms with van der Waals surface area (Å²) in [6, 6.07) is 15.2. The molecule has 0 fully saturated rings. The molecule has 10 heteroatoms. The summed E-state index contributed by atoms with van der Waals surface area (Å²) in [5.74, 6) is 1.27. The Morgan fingerprint density at radius 2 is 2.00 bits per heavy atom. The topological polar surface area (TPSA) is 115 Å². The van der Waals surface area contributed by atoms with E-state index in [1.165, 1.54) is 18.4 Å². The molecule has 1 atom stereocenters. The highest BCUT2D eigenvalue weighted by atomic mass is 32.1. The lowest BCUT2D eigenvalue weighted by Crippen LogP contribution is -2.31. The number of thiophene rings is 1. The average Bonchev–Trinajstić information content (AvgIpc) is 3.58. The molecule has 4 heterocycles. The molecule has 0 bridgehead atoms. The first-order valence-corrected chi connectivity index (χ1v) is 10.6. The van der Waals surface area contributed by atoms with Crippen LogP contribution in [-0.2, 0) is 12.1 Å². The maximum absolute atomic E-state index is 12.1. The highest BCUT2D eigenvalue weighted by Crippen LogP contribution is 2.40. The number of H-pyrrole nitrogens is 1. The summed E-state index contributed by atoms with van der Waals surface area (Å²) < 4.78 is 7.43. The van der Waals surface area contributed by atoms with E-state index in [4.69, 9.17) is 9.72 Å². The molecular weight excluding hydrogens is 414 g/mol. The summed E-state index contributed by atoms with van der Waals surface area (Å²) in [6.45, 7) is 2.58. The molecule has 0 saturated heterocycles. The number of fused-ring (bicyclic) bond motifs is 1. The summed E-state index contributed by atoms with van der Waals surface area (Å²) in [5, 5.41) is 28.1. The molecule has 2 N–H and O–H groups in total. The smallest absolute Gasteiger partial charge is 0.226 e. The third-order valence-electron chi connectivity index (χ3n) is 5.21. The molecule has 156 valence electrons. The van der Waals surface area contributed by atoms with Crippen molar-refractivity contribution in [2.75, 3.05) is 7.11 Å². The number of aryl methyl sites for hydroxylation is 1. The second kappa shape index (κ2) is 7.56. The predicted molar refractivity (Wildman–Crippen MR) is 116 cm³/mol. The number of nitrogens with zero attached hydrogens (tertiary/aromatic N) is 6. The number of aromatic amines is 1. The molecule has 9 nitrogen and oxygen atoms in total. The molecule has 0 radical (unpaired) electrons. The van der Waals surface area contributed by atoms with E-state index in [0.29, 0.717) is 35.3 Å². The molecule has 0 aliphatic heterocycles. The second-order valence-corrected chi connectivity index (χ2v) is 7.82. The van der Waals surface area contributed by atoms with Crippen molar-refractivity contribution in [1.82, 2.24) is 35.2 Å². The zero-order valence-corrected chi connectivity index (χ0v) is 17.7. The fraction of sp³-hybridized carbons (Fsp3) is 0.190. The van der Waals surface area contributed by atoms with Gasteiger partial charge >= 0.3 is 0 Å². The van der Waals surface area contributed by atoms with Crippen LogP contribution in [0, 0.1) is 0 Å². The molecule has 0 aliphatic rings. The van der Waals surface area contributed by atoms with Crippen molar-refractivity contribution in [2.24, 2.45) is 0 Å². The molecule has 0 aliphatic carbocycles. The summed E-state index contributed by atoms with van der Waals surface area (Å²) in [4.78, 5) is 10.1. The van der Waals surface area contributed by atoms with Crippen LogP contribution in [0.5, 0.6) is 5.88 Å². The van der Waals surface area contributed by atoms with E-state index < -0.39 is 5.60 Å². The summed E-state index contributed by atoms with van der Waals surface area (Å²) in [5.41, 5.74) is 1.12. The van der Waals surface area contributed by atoms with Crippen molar-refractivity contribution in [2.45, 2.75) is 19.1 Å². The highest BCUT2D eigenvalue weighted by Gasteiger charge is 2.40. The number of rotatable bonds is 6. The van der Waals surface area contributed by atoms with Gasteiger partial charge in [0.25, 0.3) is 0 Å². The van der Waals surface area contributed by atoms with Gasteiger partial charge in [-0.05, 0) is 40.4 Å². The van der Waals surface area contributed by atoms with Gasteiger partial charge in [0.05, 0.1) is 18.2 Å². The number of aromatic nitrogens is 7. The number of aliphatic hydroxyl groups is 1. The Morgan fingerprint density at radius 3 is 2.65 bits per heavy atom. The fourth-order valence-corrected chi connectivity index (χ4v) is 4.61. The molecule has 31 heavy (non-hydrogen) atoms. The Labute approximate surface area is 181 Å². The molecule has 0 saturated carbocycles. The van der Waals surface area contributed by atoms with Crippen LogP contribution < -0.4 is 4.74 Å². The zero-order valence-electron chi connectivity index (χ0n) is 16.9. The van der Waals surface area contributed by atoms with Gasteiger partial charge in [-0.15, -0.1) is 16.4 Å². The Balaban J connectivity index is 1.81. The van der Waals surface area contributed by atoms with Gasteiger partial charge in [-0.3, -0.25) is 0 Å². The van der Waals surface area contributed by atoms with Crippen LogP contribution in [0.2, 0.25) is 0 Å². The lowest BCUT2D eigenvalue weighted by molar-refractivity contribution is 0.116. The van der Waals surface area contributed by atoms with Gasteiger partial charge in [0.2, 0.25) is 5.88 Å². The maximum Gasteiger partial charge on any atom is 0.226 e. The van der Waals surface area contributed by atoms with Gasteiger partial charge in [-0.1, -0.05) is 36.4 Å². The van der Waals surface area contributed by atoms with Crippen molar-refractivity contribution in [3.63, 3.8) is 0 Å². The van der Waals surface area contributed by atoms with Gasteiger partial charge in [0.1, 0.15) is 0 Å². The molecule has 1 aromatic carbocycles. The van der Waals surface area contributed by atoms with Crippen molar-refractivity contribution < 1.29 is 9.84 Å². The van der Waals surface area contributed by atoms with Crippen LogP contribution in [0.1, 0.15) is 23.2 Å². The van der Waals surface area contributed by atoms with Gasteiger partial charge in [0, 0.05) is 11.4 Å². The normalized spacial score (nSPS) is 13.4. The third kappa shape index (κ3) is 2.99. The summed E-state index contributed by atoms with van der Waals surface area (Å²) in [6.07, 6.45) is 0. The Kier molecular flexibility index (Phi) is 4.72. The number of nitrogens with one attached hydrogen (secondary N) is 1. The Hall–Kier alpha value is -3.63. The molecular formula is C21H19N7O2S. The number of imidazole rings is 1. The van der Waals surface area contributed by atoms with Gasteiger partial charge < -0.3 is 14.4 Å². The summed E-state index contributed by atoms with van der Waals surface area (Å²) >= 11 is 1.48. The average molecular weight is 433 g/mol. The minimum absolute atomic E-state index is 0.345. The molecule has 4 aromatic heterocycles. The number of hydrogen-bond acceptors (Lipinski definition) is 8. The maximum atomic E-state index is 12.1. The monoisotopic (exact) mass is 433 g/mol. The zero-order chi connectivity index (χ0) is 21.4. The lowest BCUT2D eigenvalue weighted by Gasteiger charge is -2.27. The van der Waals surface area contributed by atoms with Crippen LogP contribution in [0.25, 0.3) is 22.6 Å². The van der Waals surface area contributed by atoms with E-state index in [2.05, 4.69) is 25.6 Å². The SMILES string of the molecule is CCn1c(C(O)(c2ccccc2)c2cccs2)nc2nc(OC)c(-c3nnn[nH]3)cc21. The van der Waals surface area contributed by atoms with Crippen molar-refractivity contribution in [3.8, 4) is 17.3 Å². The number of benzene rings is 1. The molecule has 0 amide bonds. The van der Waals surface area contributed by atoms with E-state index in [0.717, 1.165) is 16.0 Å². The number of ether oxygens (including phenoxy) is 1. The first-order valence-electron chi connectivity index (χ1n) is 9.68. The van der Waals surface area contributed by atoms with E-state index in [9.17, 15) is 5.11 Å². The van der Waals surface area contributed by atoms with Gasteiger partial charge in [-0.2, -0.15) is 4.98 Å². The lowest BCUT2D eigenvalue weighted by atomic mass is 9.91. The molecule has 0 spiro atoms. The number of pyridine rings is 1. The van der Waals surface area contributed by atoms with E-state index in [1.54, 1.807) is 0 Å². The molecule has 5 aromatic rings. The highest BCUT2D eigenvalue weighted by molar-refractivity contribution is 7.10. The quantitative estimate of drug-likeness (QED) is 0.423. The number of hydrogen-bond donors (Lipinski definition) is 2. The van der Waals surface area contributed by atoms with E-state index in [1.807, 2.05) is 65.4 Å².